The maximum atomic E-state index is 12.5. The molecule has 3 rings (SSSR count). The highest BCUT2D eigenvalue weighted by atomic mass is 32.1. The van der Waals surface area contributed by atoms with Gasteiger partial charge in [0.05, 0.1) is 15.6 Å². The molecule has 1 amide bonds. The number of rotatable bonds is 6. The van der Waals surface area contributed by atoms with E-state index in [1.807, 2.05) is 30.3 Å². The number of ether oxygens (including phenoxy) is 1. The number of aryl methyl sites for hydroxylation is 2. The Morgan fingerprint density at radius 1 is 1.14 bits per heavy atom. The van der Waals surface area contributed by atoms with Crippen LogP contribution in [0.4, 0.5) is 11.4 Å². The highest BCUT2D eigenvalue weighted by Crippen LogP contribution is 2.29. The van der Waals surface area contributed by atoms with Crippen molar-refractivity contribution in [3.8, 4) is 11.3 Å². The summed E-state index contributed by atoms with van der Waals surface area (Å²) in [5.74, 6) is -1.35. The predicted octanol–water partition coefficient (Wildman–Crippen LogP) is 4.13. The van der Waals surface area contributed by atoms with Gasteiger partial charge in [0, 0.05) is 11.6 Å². The lowest BCUT2D eigenvalue weighted by Gasteiger charge is -2.09. The van der Waals surface area contributed by atoms with E-state index in [4.69, 9.17) is 4.74 Å². The van der Waals surface area contributed by atoms with Crippen LogP contribution in [0.3, 0.4) is 0 Å². The number of nitrogens with zero attached hydrogens (tertiary/aromatic N) is 2. The molecule has 0 aliphatic rings. The van der Waals surface area contributed by atoms with Gasteiger partial charge in [-0.05, 0) is 19.4 Å². The van der Waals surface area contributed by atoms with Crippen molar-refractivity contribution in [3.05, 3.63) is 74.1 Å². The number of aromatic nitrogens is 1. The Bertz CT molecular complexity index is 1080. The van der Waals surface area contributed by atoms with Gasteiger partial charge in [0.1, 0.15) is 10.6 Å². The van der Waals surface area contributed by atoms with Crippen LogP contribution in [0.25, 0.3) is 11.3 Å². The van der Waals surface area contributed by atoms with Crippen molar-refractivity contribution < 1.29 is 19.2 Å². The summed E-state index contributed by atoms with van der Waals surface area (Å²) in [5.41, 5.74) is 1.64. The number of nitro groups is 1. The number of nitrogens with one attached hydrogen (secondary N) is 1. The third-order valence-corrected chi connectivity index (χ3v) is 4.96. The zero-order chi connectivity index (χ0) is 21.0. The third-order valence-electron chi connectivity index (χ3n) is 4.01. The number of amides is 1. The number of carbonyl (C=O) groups is 2. The standard InChI is InChI=1S/C20H17N3O5S/c1-12-7-6-10-15(23(26)27)17(12)22-16(24)11-28-20(25)19-18(21-13(2)29-19)14-8-4-3-5-9-14/h3-10H,11H2,1-2H3,(H,22,24). The van der Waals surface area contributed by atoms with E-state index in [0.717, 1.165) is 5.56 Å². The molecule has 8 nitrogen and oxygen atoms in total. The van der Waals surface area contributed by atoms with Gasteiger partial charge in [0.15, 0.2) is 6.61 Å². The lowest BCUT2D eigenvalue weighted by molar-refractivity contribution is -0.384. The monoisotopic (exact) mass is 411 g/mol. The van der Waals surface area contributed by atoms with Gasteiger partial charge in [0.25, 0.3) is 11.6 Å². The van der Waals surface area contributed by atoms with Gasteiger partial charge in [-0.1, -0.05) is 42.5 Å². The first-order chi connectivity index (χ1) is 13.9. The predicted molar refractivity (Wildman–Crippen MR) is 109 cm³/mol. The van der Waals surface area contributed by atoms with Gasteiger partial charge in [-0.15, -0.1) is 11.3 Å². The van der Waals surface area contributed by atoms with Crippen LogP contribution in [0.2, 0.25) is 0 Å². The van der Waals surface area contributed by atoms with Gasteiger partial charge in [-0.2, -0.15) is 0 Å². The number of anilines is 1. The molecule has 2 aromatic carbocycles. The average molecular weight is 411 g/mol. The molecule has 1 N–H and O–H groups in total. The van der Waals surface area contributed by atoms with Crippen LogP contribution in [0.1, 0.15) is 20.2 Å². The Kier molecular flexibility index (Phi) is 5.99. The minimum Gasteiger partial charge on any atom is -0.451 e. The number of nitro benzene ring substituents is 1. The zero-order valence-corrected chi connectivity index (χ0v) is 16.5. The van der Waals surface area contributed by atoms with E-state index in [1.54, 1.807) is 19.9 Å². The number of thiazole rings is 1. The molecule has 9 heteroatoms. The Hall–Kier alpha value is -3.59. The van der Waals surface area contributed by atoms with Crippen molar-refractivity contribution in [2.45, 2.75) is 13.8 Å². The molecule has 0 saturated carbocycles. The van der Waals surface area contributed by atoms with E-state index in [9.17, 15) is 19.7 Å². The molecule has 29 heavy (non-hydrogen) atoms. The molecule has 0 bridgehead atoms. The average Bonchev–Trinajstić information content (AvgIpc) is 3.10. The molecule has 0 atom stereocenters. The Labute approximate surface area is 170 Å². The normalized spacial score (nSPS) is 10.4. The van der Waals surface area contributed by atoms with E-state index < -0.39 is 23.4 Å². The van der Waals surface area contributed by atoms with Crippen LogP contribution in [-0.2, 0) is 9.53 Å². The summed E-state index contributed by atoms with van der Waals surface area (Å²) in [4.78, 5) is 40.0. The molecule has 0 unspecified atom stereocenters. The summed E-state index contributed by atoms with van der Waals surface area (Å²) in [6, 6.07) is 13.6. The van der Waals surface area contributed by atoms with E-state index in [1.165, 1.54) is 23.5 Å². The summed E-state index contributed by atoms with van der Waals surface area (Å²) in [6.45, 7) is 2.84. The smallest absolute Gasteiger partial charge is 0.351 e. The Morgan fingerprint density at radius 2 is 1.86 bits per heavy atom. The molecule has 0 spiro atoms. The molecule has 148 valence electrons. The van der Waals surface area contributed by atoms with Gasteiger partial charge < -0.3 is 10.1 Å². The van der Waals surface area contributed by atoms with Crippen LogP contribution in [-0.4, -0.2) is 28.4 Å². The summed E-state index contributed by atoms with van der Waals surface area (Å²) in [6.07, 6.45) is 0. The number of para-hydroxylation sites is 1. The maximum absolute atomic E-state index is 12.5. The minimum atomic E-state index is -0.677. The van der Waals surface area contributed by atoms with Crippen molar-refractivity contribution in [3.63, 3.8) is 0 Å². The van der Waals surface area contributed by atoms with E-state index >= 15 is 0 Å². The number of benzene rings is 2. The van der Waals surface area contributed by atoms with Crippen LogP contribution in [0, 0.1) is 24.0 Å². The van der Waals surface area contributed by atoms with Gasteiger partial charge >= 0.3 is 5.97 Å². The molecule has 0 aliphatic carbocycles. The quantitative estimate of drug-likeness (QED) is 0.371. The van der Waals surface area contributed by atoms with E-state index in [0.29, 0.717) is 21.1 Å². The maximum Gasteiger partial charge on any atom is 0.351 e. The largest absolute Gasteiger partial charge is 0.451 e. The van der Waals surface area contributed by atoms with Crippen molar-refractivity contribution >= 4 is 34.6 Å². The lowest BCUT2D eigenvalue weighted by atomic mass is 10.1. The van der Waals surface area contributed by atoms with Crippen molar-refractivity contribution in [1.82, 2.24) is 4.98 Å². The first-order valence-corrected chi connectivity index (χ1v) is 9.42. The summed E-state index contributed by atoms with van der Waals surface area (Å²) >= 11 is 1.18. The number of esters is 1. The second kappa shape index (κ2) is 8.61. The fraction of sp³-hybridized carbons (Fsp3) is 0.150. The minimum absolute atomic E-state index is 0.0807. The summed E-state index contributed by atoms with van der Waals surface area (Å²) < 4.78 is 5.13. The first kappa shape index (κ1) is 20.2. The molecule has 0 fully saturated rings. The molecule has 0 saturated heterocycles. The van der Waals surface area contributed by atoms with Gasteiger partial charge in [-0.25, -0.2) is 9.78 Å². The summed E-state index contributed by atoms with van der Waals surface area (Å²) in [5, 5.41) is 14.3. The molecular weight excluding hydrogens is 394 g/mol. The van der Waals surface area contributed by atoms with Crippen LogP contribution in [0.5, 0.6) is 0 Å². The highest BCUT2D eigenvalue weighted by Gasteiger charge is 2.22. The van der Waals surface area contributed by atoms with Crippen LogP contribution < -0.4 is 5.32 Å². The first-order valence-electron chi connectivity index (χ1n) is 8.60. The van der Waals surface area contributed by atoms with Gasteiger partial charge in [-0.3, -0.25) is 14.9 Å². The highest BCUT2D eigenvalue weighted by molar-refractivity contribution is 7.14. The zero-order valence-electron chi connectivity index (χ0n) is 15.7. The molecular formula is C20H17N3O5S. The second-order valence-corrected chi connectivity index (χ2v) is 7.33. The van der Waals surface area contributed by atoms with Crippen molar-refractivity contribution in [1.29, 1.82) is 0 Å². The van der Waals surface area contributed by atoms with Crippen LogP contribution >= 0.6 is 11.3 Å². The Morgan fingerprint density at radius 3 is 2.55 bits per heavy atom. The van der Waals surface area contributed by atoms with E-state index in [2.05, 4.69) is 10.3 Å². The molecule has 3 aromatic rings. The van der Waals surface area contributed by atoms with Crippen molar-refractivity contribution in [2.75, 3.05) is 11.9 Å². The van der Waals surface area contributed by atoms with Gasteiger partial charge in [0.2, 0.25) is 0 Å². The molecule has 1 aromatic heterocycles. The molecule has 0 radical (unpaired) electrons. The van der Waals surface area contributed by atoms with Crippen LogP contribution in [0.15, 0.2) is 48.5 Å². The number of hydrogen-bond acceptors (Lipinski definition) is 7. The molecule has 1 heterocycles. The lowest BCUT2D eigenvalue weighted by Crippen LogP contribution is -2.21. The fourth-order valence-electron chi connectivity index (χ4n) is 2.70. The fourth-order valence-corrected chi connectivity index (χ4v) is 3.53. The number of carbonyl (C=O) groups excluding carboxylic acids is 2. The van der Waals surface area contributed by atoms with Crippen molar-refractivity contribution in [2.24, 2.45) is 0 Å². The summed E-state index contributed by atoms with van der Waals surface area (Å²) in [7, 11) is 0. The SMILES string of the molecule is Cc1nc(-c2ccccc2)c(C(=O)OCC(=O)Nc2c(C)cccc2[N+](=O)[O-])s1. The second-order valence-electron chi connectivity index (χ2n) is 6.13. The topological polar surface area (TPSA) is 111 Å². The number of hydrogen-bond donors (Lipinski definition) is 1. The Balaban J connectivity index is 1.71. The third kappa shape index (κ3) is 4.64. The molecule has 0 aliphatic heterocycles. The van der Waals surface area contributed by atoms with E-state index in [-0.39, 0.29) is 11.4 Å².